The van der Waals surface area contributed by atoms with Crippen molar-refractivity contribution in [2.24, 2.45) is 0 Å². The lowest BCUT2D eigenvalue weighted by Gasteiger charge is -2.51. The first-order valence-electron chi connectivity index (χ1n) is 21.8. The van der Waals surface area contributed by atoms with Gasteiger partial charge in [0.25, 0.3) is 5.79 Å². The van der Waals surface area contributed by atoms with Crippen LogP contribution >= 0.6 is 11.8 Å². The highest BCUT2D eigenvalue weighted by atomic mass is 32.2. The van der Waals surface area contributed by atoms with Crippen LogP contribution in [0.15, 0.2) is 120 Å². The van der Waals surface area contributed by atoms with Gasteiger partial charge < -0.3 is 57.2 Å². The SMILES string of the molecule is COC(=O)[C@@]1(OC2C(OC(=O)c3ccccc3)[C@H](Sc3ccc(C)cc3)OC(COCc3ccccc3)[C@@H]2O)CC2OCOCN[C@H]2C([C@@H]2OC(C)(C)O[C@@H]2COCc2ccccc2)O1. The Balaban J connectivity index is 1.16. The van der Waals surface area contributed by atoms with E-state index >= 15 is 0 Å². The average Bonchev–Trinajstić information content (AvgIpc) is 3.44. The molecule has 0 radical (unpaired) electrons. The topological polar surface area (TPSA) is 168 Å². The third-order valence-corrected chi connectivity index (χ3v) is 12.8. The molecule has 4 fully saturated rings. The van der Waals surface area contributed by atoms with Crippen LogP contribution in [0, 0.1) is 6.92 Å². The molecule has 4 aromatic carbocycles. The number of carbonyl (C=O) groups is 2. The van der Waals surface area contributed by atoms with Crippen LogP contribution in [0.25, 0.3) is 0 Å². The fourth-order valence-corrected chi connectivity index (χ4v) is 9.60. The summed E-state index contributed by atoms with van der Waals surface area (Å²) < 4.78 is 69.8. The summed E-state index contributed by atoms with van der Waals surface area (Å²) in [5.74, 6) is -4.99. The quantitative estimate of drug-likeness (QED) is 0.132. The van der Waals surface area contributed by atoms with Gasteiger partial charge in [-0.1, -0.05) is 108 Å². The van der Waals surface area contributed by atoms with Crippen LogP contribution < -0.4 is 5.32 Å². The van der Waals surface area contributed by atoms with Crippen molar-refractivity contribution in [1.82, 2.24) is 5.32 Å². The number of ether oxygens (including phenoxy) is 11. The van der Waals surface area contributed by atoms with E-state index in [1.165, 1.54) is 18.9 Å². The van der Waals surface area contributed by atoms with Gasteiger partial charge in [-0.3, -0.25) is 5.32 Å². The van der Waals surface area contributed by atoms with Crippen LogP contribution in [0.2, 0.25) is 0 Å². The summed E-state index contributed by atoms with van der Waals surface area (Å²) in [6.07, 6.45) is -8.98. The zero-order valence-corrected chi connectivity index (χ0v) is 37.7. The van der Waals surface area contributed by atoms with Gasteiger partial charge in [0.1, 0.15) is 48.9 Å². The number of fused-ring (bicyclic) bond motifs is 1. The highest BCUT2D eigenvalue weighted by Gasteiger charge is 2.63. The minimum atomic E-state index is -2.28. The first-order chi connectivity index (χ1) is 31.5. The number of methoxy groups -OCH3 is 1. The second-order valence-electron chi connectivity index (χ2n) is 16.9. The summed E-state index contributed by atoms with van der Waals surface area (Å²) in [4.78, 5) is 29.4. The number of benzene rings is 4. The van der Waals surface area contributed by atoms with Crippen molar-refractivity contribution in [3.05, 3.63) is 138 Å². The maximum Gasteiger partial charge on any atom is 0.366 e. The van der Waals surface area contributed by atoms with Crippen LogP contribution in [0.5, 0.6) is 0 Å². The van der Waals surface area contributed by atoms with Crippen molar-refractivity contribution in [2.75, 3.05) is 33.8 Å². The Morgan fingerprint density at radius 2 is 1.42 bits per heavy atom. The second-order valence-corrected chi connectivity index (χ2v) is 18.0. The van der Waals surface area contributed by atoms with E-state index in [-0.39, 0.29) is 45.3 Å². The number of rotatable bonds is 16. The summed E-state index contributed by atoms with van der Waals surface area (Å²) in [5, 5.41) is 15.9. The van der Waals surface area contributed by atoms with E-state index in [1.54, 1.807) is 44.2 Å². The molecule has 0 spiro atoms. The number of esters is 2. The van der Waals surface area contributed by atoms with Gasteiger partial charge in [0.15, 0.2) is 11.9 Å². The molecule has 0 aliphatic carbocycles. The zero-order chi connectivity index (χ0) is 45.4. The van der Waals surface area contributed by atoms with Crippen LogP contribution in [0.1, 0.15) is 47.3 Å². The van der Waals surface area contributed by atoms with E-state index in [0.29, 0.717) is 6.61 Å². The third-order valence-electron chi connectivity index (χ3n) is 11.6. The largest absolute Gasteiger partial charge is 0.465 e. The highest BCUT2D eigenvalue weighted by molar-refractivity contribution is 7.99. The minimum absolute atomic E-state index is 0.0863. The zero-order valence-electron chi connectivity index (χ0n) is 36.9. The van der Waals surface area contributed by atoms with Gasteiger partial charge in [-0.25, -0.2) is 9.59 Å². The lowest BCUT2D eigenvalue weighted by atomic mass is 9.88. The first kappa shape index (κ1) is 47.2. The number of aliphatic hydroxyl groups is 1. The highest BCUT2D eigenvalue weighted by Crippen LogP contribution is 2.44. The van der Waals surface area contributed by atoms with Gasteiger partial charge in [-0.15, -0.1) is 0 Å². The summed E-state index contributed by atoms with van der Waals surface area (Å²) >= 11 is 1.28. The van der Waals surface area contributed by atoms with Crippen LogP contribution in [-0.2, 0) is 70.1 Å². The van der Waals surface area contributed by atoms with E-state index in [4.69, 9.17) is 52.1 Å². The number of carbonyl (C=O) groups excluding carboxylic acids is 2. The summed E-state index contributed by atoms with van der Waals surface area (Å²) in [6.45, 7) is 6.13. The predicted octanol–water partition coefficient (Wildman–Crippen LogP) is 5.68. The molecule has 5 unspecified atom stereocenters. The predicted molar refractivity (Wildman–Crippen MR) is 235 cm³/mol. The minimum Gasteiger partial charge on any atom is -0.465 e. The Morgan fingerprint density at radius 1 is 0.785 bits per heavy atom. The molecule has 8 rings (SSSR count). The van der Waals surface area contributed by atoms with Crippen LogP contribution in [-0.4, -0.2) is 123 Å². The normalized spacial score (nSPS) is 31.0. The number of nitrogens with one attached hydrogen (secondary N) is 1. The van der Waals surface area contributed by atoms with Crippen LogP contribution in [0.4, 0.5) is 0 Å². The summed E-state index contributed by atoms with van der Waals surface area (Å²) in [7, 11) is 1.22. The van der Waals surface area contributed by atoms with E-state index in [0.717, 1.165) is 21.6 Å². The fraction of sp³-hybridized carbons (Fsp3) is 0.469. The van der Waals surface area contributed by atoms with E-state index in [2.05, 4.69) is 5.32 Å². The molecule has 16 heteroatoms. The van der Waals surface area contributed by atoms with E-state index in [1.807, 2.05) is 91.9 Å². The Hall–Kier alpha value is -4.27. The number of hydrogen-bond acceptors (Lipinski definition) is 16. The maximum absolute atomic E-state index is 14.6. The summed E-state index contributed by atoms with van der Waals surface area (Å²) in [5.41, 5.74) is 2.20. The molecule has 4 aromatic rings. The van der Waals surface area contributed by atoms with Gasteiger partial charge in [0, 0.05) is 11.3 Å². The molecular formula is C49H57NO14S. The third kappa shape index (κ3) is 11.6. The molecule has 0 bridgehead atoms. The molecule has 4 heterocycles. The maximum atomic E-state index is 14.6. The molecule has 348 valence electrons. The fourth-order valence-electron chi connectivity index (χ4n) is 8.49. The van der Waals surface area contributed by atoms with Crippen molar-refractivity contribution in [3.8, 4) is 0 Å². The van der Waals surface area contributed by atoms with Gasteiger partial charge in [0.05, 0.1) is 58.0 Å². The first-order valence-corrected chi connectivity index (χ1v) is 22.7. The molecule has 4 aliphatic rings. The Kier molecular flexibility index (Phi) is 15.7. The van der Waals surface area contributed by atoms with Gasteiger partial charge in [-0.2, -0.15) is 0 Å². The lowest BCUT2D eigenvalue weighted by Crippen LogP contribution is -2.70. The van der Waals surface area contributed by atoms with Crippen LogP contribution in [0.3, 0.4) is 0 Å². The molecule has 4 aliphatic heterocycles. The number of aryl methyl sites for hydroxylation is 1. The number of thioether (sulfide) groups is 1. The van der Waals surface area contributed by atoms with Gasteiger partial charge in [-0.05, 0) is 56.2 Å². The molecule has 11 atom stereocenters. The molecular weight excluding hydrogens is 859 g/mol. The lowest BCUT2D eigenvalue weighted by molar-refractivity contribution is -0.351. The standard InChI is InChI=1S/C49H57NO14S/c1-31-20-22-35(23-21-31)65-46-44(60-45(52)34-18-12-7-13-19-34)43(40(51)37(59-46)27-55-25-32-14-8-5-9-15-32)64-49(47(53)54-4)24-36-39(50-29-57-30-58-36)42(63-49)41-38(61-48(2,3)62-41)28-56-26-33-16-10-6-11-17-33/h5-23,36-44,46,50-51H,24-30H2,1-4H3/t36?,37?,38-,39-,40+,41-,42?,43?,44?,46+,49+/m1/s1. The van der Waals surface area contributed by atoms with Crippen molar-refractivity contribution < 1.29 is 66.8 Å². The van der Waals surface area contributed by atoms with Crippen molar-refractivity contribution in [1.29, 1.82) is 0 Å². The van der Waals surface area contributed by atoms with E-state index in [9.17, 15) is 14.7 Å². The Labute approximate surface area is 383 Å². The van der Waals surface area contributed by atoms with Crippen molar-refractivity contribution in [3.63, 3.8) is 0 Å². The van der Waals surface area contributed by atoms with Crippen molar-refractivity contribution in [2.45, 2.75) is 117 Å². The Bertz CT molecular complexity index is 2140. The smallest absolute Gasteiger partial charge is 0.366 e. The van der Waals surface area contributed by atoms with E-state index < -0.39 is 83.8 Å². The second kappa shape index (κ2) is 21.6. The Morgan fingerprint density at radius 3 is 2.06 bits per heavy atom. The molecule has 0 amide bonds. The van der Waals surface area contributed by atoms with Gasteiger partial charge >= 0.3 is 11.9 Å². The molecule has 0 saturated carbocycles. The average molecular weight is 916 g/mol. The number of hydrogen-bond donors (Lipinski definition) is 2. The monoisotopic (exact) mass is 915 g/mol. The molecule has 0 aromatic heterocycles. The number of aliphatic hydroxyl groups excluding tert-OH is 1. The molecule has 2 N–H and O–H groups in total. The molecule has 15 nitrogen and oxygen atoms in total. The van der Waals surface area contributed by atoms with Gasteiger partial charge in [0.2, 0.25) is 0 Å². The molecule has 4 saturated heterocycles. The molecule has 65 heavy (non-hydrogen) atoms. The summed E-state index contributed by atoms with van der Waals surface area (Å²) in [6, 6.07) is 34.9. The van der Waals surface area contributed by atoms with Crippen molar-refractivity contribution >= 4 is 23.7 Å².